The summed E-state index contributed by atoms with van der Waals surface area (Å²) in [6.45, 7) is 0.185. The molecule has 0 aliphatic carbocycles. The summed E-state index contributed by atoms with van der Waals surface area (Å²) in [6, 6.07) is 4.32. The Labute approximate surface area is 140 Å². The largest absolute Gasteiger partial charge is 0.468 e. The van der Waals surface area contributed by atoms with Gasteiger partial charge in [-0.1, -0.05) is 15.9 Å². The number of nitrogens with zero attached hydrogens (tertiary/aromatic N) is 2. The van der Waals surface area contributed by atoms with Gasteiger partial charge in [0.2, 0.25) is 0 Å². The molecular weight excluding hydrogens is 379 g/mol. The van der Waals surface area contributed by atoms with Gasteiger partial charge in [0.1, 0.15) is 22.7 Å². The van der Waals surface area contributed by atoms with Gasteiger partial charge in [-0.3, -0.25) is 9.59 Å². The molecular formula is C14H13BrClFN2O3. The number of hydrogen-bond acceptors (Lipinski definition) is 4. The van der Waals surface area contributed by atoms with Crippen LogP contribution in [0.25, 0.3) is 0 Å². The maximum Gasteiger partial charge on any atom is 0.324 e. The second-order valence-electron chi connectivity index (χ2n) is 4.77. The summed E-state index contributed by atoms with van der Waals surface area (Å²) < 4.78 is 19.1. The number of aliphatic imine (C=N–C) groups is 1. The lowest BCUT2D eigenvalue weighted by molar-refractivity contribution is -0.147. The molecule has 8 heteroatoms. The topological polar surface area (TPSA) is 59.0 Å². The van der Waals surface area contributed by atoms with Gasteiger partial charge in [-0.25, -0.2) is 9.38 Å². The van der Waals surface area contributed by atoms with Gasteiger partial charge < -0.3 is 9.64 Å². The molecule has 5 nitrogen and oxygen atoms in total. The molecule has 0 spiro atoms. The number of carbonyl (C=O) groups excluding carboxylic acids is 2. The van der Waals surface area contributed by atoms with E-state index < -0.39 is 28.9 Å². The summed E-state index contributed by atoms with van der Waals surface area (Å²) in [7, 11) is 2.80. The van der Waals surface area contributed by atoms with Gasteiger partial charge in [0, 0.05) is 18.1 Å². The molecule has 1 saturated heterocycles. The smallest absolute Gasteiger partial charge is 0.324 e. The fraction of sp³-hybridized carbons (Fsp3) is 0.357. The van der Waals surface area contributed by atoms with Crippen LogP contribution in [0.3, 0.4) is 0 Å². The van der Waals surface area contributed by atoms with Crippen molar-refractivity contribution in [2.45, 2.75) is 5.38 Å². The highest BCUT2D eigenvalue weighted by molar-refractivity contribution is 9.10. The number of hydrogen-bond donors (Lipinski definition) is 0. The first-order valence-corrected chi connectivity index (χ1v) is 7.58. The number of methoxy groups -OCH3 is 1. The van der Waals surface area contributed by atoms with Crippen molar-refractivity contribution in [1.82, 2.24) is 4.90 Å². The van der Waals surface area contributed by atoms with Crippen molar-refractivity contribution in [2.24, 2.45) is 10.9 Å². The average molecular weight is 392 g/mol. The zero-order valence-electron chi connectivity index (χ0n) is 11.8. The molecule has 118 valence electrons. The normalized spacial score (nSPS) is 23.8. The van der Waals surface area contributed by atoms with Crippen LogP contribution in [-0.4, -0.2) is 48.6 Å². The van der Waals surface area contributed by atoms with E-state index in [0.29, 0.717) is 4.47 Å². The molecule has 2 unspecified atom stereocenters. The Morgan fingerprint density at radius 3 is 2.82 bits per heavy atom. The van der Waals surface area contributed by atoms with Gasteiger partial charge >= 0.3 is 5.97 Å². The van der Waals surface area contributed by atoms with Crippen LogP contribution in [0.15, 0.2) is 27.7 Å². The van der Waals surface area contributed by atoms with Crippen molar-refractivity contribution >= 4 is 50.8 Å². The number of esters is 1. The van der Waals surface area contributed by atoms with Crippen molar-refractivity contribution in [2.75, 3.05) is 20.7 Å². The minimum absolute atomic E-state index is 0.0276. The Kier molecular flexibility index (Phi) is 5.18. The van der Waals surface area contributed by atoms with Gasteiger partial charge in [0.15, 0.2) is 11.7 Å². The maximum absolute atomic E-state index is 13.9. The molecule has 0 N–H and O–H groups in total. The fourth-order valence-corrected chi connectivity index (χ4v) is 2.80. The molecule has 0 saturated carbocycles. The SMILES string of the molecule is COC(=O)C1C(=O)C(Cl)CN(C)C1=Nc1ccc(Br)cc1F. The highest BCUT2D eigenvalue weighted by Crippen LogP contribution is 2.26. The van der Waals surface area contributed by atoms with Crippen molar-refractivity contribution < 1.29 is 18.7 Å². The van der Waals surface area contributed by atoms with E-state index >= 15 is 0 Å². The standard InChI is InChI=1S/C14H13BrClFN2O3/c1-19-6-8(16)12(20)11(14(21)22-2)13(19)18-10-4-3-7(15)5-9(10)17/h3-5,8,11H,6H2,1-2H3. The number of rotatable bonds is 2. The third-order valence-corrected chi connectivity index (χ3v) is 4.10. The Morgan fingerprint density at radius 2 is 2.23 bits per heavy atom. The first-order chi connectivity index (χ1) is 10.3. The molecule has 0 bridgehead atoms. The first kappa shape index (κ1) is 16.9. The van der Waals surface area contributed by atoms with Crippen LogP contribution in [0, 0.1) is 11.7 Å². The number of ketones is 1. The van der Waals surface area contributed by atoms with Crippen LogP contribution < -0.4 is 0 Å². The van der Waals surface area contributed by atoms with Crippen LogP contribution >= 0.6 is 27.5 Å². The summed E-state index contributed by atoms with van der Waals surface area (Å²) >= 11 is 9.10. The number of piperidine rings is 1. The summed E-state index contributed by atoms with van der Waals surface area (Å²) in [5.41, 5.74) is 0.0276. The van der Waals surface area contributed by atoms with Crippen molar-refractivity contribution in [3.63, 3.8) is 0 Å². The Bertz CT molecular complexity index is 653. The Balaban J connectivity index is 2.50. The number of benzene rings is 1. The fourth-order valence-electron chi connectivity index (χ4n) is 2.14. The quantitative estimate of drug-likeness (QED) is 0.442. The molecule has 1 aliphatic rings. The number of carbonyl (C=O) groups is 2. The van der Waals surface area contributed by atoms with Crippen molar-refractivity contribution in [3.05, 3.63) is 28.5 Å². The second kappa shape index (κ2) is 6.75. The zero-order chi connectivity index (χ0) is 16.4. The van der Waals surface area contributed by atoms with E-state index in [-0.39, 0.29) is 18.1 Å². The Morgan fingerprint density at radius 1 is 1.55 bits per heavy atom. The molecule has 0 amide bonds. The minimum Gasteiger partial charge on any atom is -0.468 e. The number of Topliss-reactive ketones (excluding diaryl/α,β-unsaturated/α-hetero) is 1. The third kappa shape index (κ3) is 3.30. The molecule has 1 aromatic carbocycles. The molecule has 22 heavy (non-hydrogen) atoms. The van der Waals surface area contributed by atoms with Crippen molar-refractivity contribution in [1.29, 1.82) is 0 Å². The number of likely N-dealkylation sites (tertiary alicyclic amines) is 1. The van der Waals surface area contributed by atoms with Gasteiger partial charge in [0.05, 0.1) is 7.11 Å². The monoisotopic (exact) mass is 390 g/mol. The lowest BCUT2D eigenvalue weighted by Crippen LogP contribution is -2.53. The summed E-state index contributed by atoms with van der Waals surface area (Å²) in [5, 5.41) is -0.845. The molecule has 1 aromatic rings. The summed E-state index contributed by atoms with van der Waals surface area (Å²) in [5.74, 6) is -2.97. The van der Waals surface area contributed by atoms with Gasteiger partial charge in [-0.05, 0) is 18.2 Å². The van der Waals surface area contributed by atoms with E-state index in [0.717, 1.165) is 0 Å². The molecule has 1 fully saturated rings. The van der Waals surface area contributed by atoms with Crippen LogP contribution in [0.4, 0.5) is 10.1 Å². The predicted molar refractivity (Wildman–Crippen MR) is 84.0 cm³/mol. The lowest BCUT2D eigenvalue weighted by atomic mass is 9.94. The van der Waals surface area contributed by atoms with Gasteiger partial charge in [-0.15, -0.1) is 11.6 Å². The lowest BCUT2D eigenvalue weighted by Gasteiger charge is -2.33. The van der Waals surface area contributed by atoms with E-state index in [1.54, 1.807) is 18.0 Å². The van der Waals surface area contributed by atoms with Gasteiger partial charge in [0.25, 0.3) is 0 Å². The van der Waals surface area contributed by atoms with Crippen molar-refractivity contribution in [3.8, 4) is 0 Å². The predicted octanol–water partition coefficient (Wildman–Crippen LogP) is 2.53. The average Bonchev–Trinajstić information content (AvgIpc) is 2.46. The maximum atomic E-state index is 13.9. The molecule has 0 radical (unpaired) electrons. The highest BCUT2D eigenvalue weighted by atomic mass is 79.9. The van der Waals surface area contributed by atoms with E-state index in [9.17, 15) is 14.0 Å². The number of amidine groups is 1. The molecule has 1 aliphatic heterocycles. The highest BCUT2D eigenvalue weighted by Gasteiger charge is 2.43. The van der Waals surface area contributed by atoms with E-state index in [2.05, 4.69) is 25.7 Å². The number of halogens is 3. The third-order valence-electron chi connectivity index (χ3n) is 3.26. The minimum atomic E-state index is -1.26. The van der Waals surface area contributed by atoms with Crippen LogP contribution in [-0.2, 0) is 14.3 Å². The van der Waals surface area contributed by atoms with Gasteiger partial charge in [-0.2, -0.15) is 0 Å². The summed E-state index contributed by atoms with van der Waals surface area (Å²) in [4.78, 5) is 29.8. The van der Waals surface area contributed by atoms with Crippen LogP contribution in [0.5, 0.6) is 0 Å². The number of ether oxygens (including phenoxy) is 1. The van der Waals surface area contributed by atoms with E-state index in [1.807, 2.05) is 0 Å². The van der Waals surface area contributed by atoms with Crippen LogP contribution in [0.2, 0.25) is 0 Å². The second-order valence-corrected chi connectivity index (χ2v) is 6.21. The summed E-state index contributed by atoms with van der Waals surface area (Å²) in [6.07, 6.45) is 0. The molecule has 1 heterocycles. The van der Waals surface area contributed by atoms with Crippen LogP contribution in [0.1, 0.15) is 0 Å². The Hall–Kier alpha value is -1.47. The number of alkyl halides is 1. The molecule has 2 atom stereocenters. The molecule has 2 rings (SSSR count). The van der Waals surface area contributed by atoms with E-state index in [1.165, 1.54) is 19.2 Å². The first-order valence-electron chi connectivity index (χ1n) is 6.35. The zero-order valence-corrected chi connectivity index (χ0v) is 14.2. The molecule has 0 aromatic heterocycles. The van der Waals surface area contributed by atoms with E-state index in [4.69, 9.17) is 11.6 Å².